The van der Waals surface area contributed by atoms with Crippen LogP contribution in [0.4, 0.5) is 11.4 Å². The minimum Gasteiger partial charge on any atom is -0.478 e. The van der Waals surface area contributed by atoms with Crippen molar-refractivity contribution < 1.29 is 17.9 Å². The van der Waals surface area contributed by atoms with Gasteiger partial charge in [-0.3, -0.25) is 9.10 Å². The molecule has 25 heavy (non-hydrogen) atoms. The quantitative estimate of drug-likeness (QED) is 0.888. The second-order valence-electron chi connectivity index (χ2n) is 5.70. The van der Waals surface area contributed by atoms with Gasteiger partial charge in [0.05, 0.1) is 11.9 Å². The predicted molar refractivity (Wildman–Crippen MR) is 97.7 cm³/mol. The van der Waals surface area contributed by atoms with E-state index in [1.807, 2.05) is 0 Å². The number of carbonyl (C=O) groups is 1. The second kappa shape index (κ2) is 6.93. The number of nitrogens with one attached hydrogen (secondary N) is 1. The summed E-state index contributed by atoms with van der Waals surface area (Å²) in [6.07, 6.45) is 0.552. The summed E-state index contributed by atoms with van der Waals surface area (Å²) in [5.41, 5.74) is 0.988. The molecule has 0 aromatic heterocycles. The van der Waals surface area contributed by atoms with Crippen molar-refractivity contribution in [1.29, 1.82) is 0 Å². The SMILES string of the molecule is CS(=O)(=O)N1CCC(C(=O)Nc2cccc(Cl)c2)Oc2ccccc21. The fourth-order valence-electron chi connectivity index (χ4n) is 2.65. The maximum atomic E-state index is 12.6. The molecular formula is C17H17ClN2O4S. The summed E-state index contributed by atoms with van der Waals surface area (Å²) in [5.74, 6) is 0.00379. The van der Waals surface area contributed by atoms with Crippen molar-refractivity contribution in [3.8, 4) is 5.75 Å². The molecule has 1 amide bonds. The lowest BCUT2D eigenvalue weighted by Crippen LogP contribution is -2.35. The van der Waals surface area contributed by atoms with Crippen LogP contribution in [0.1, 0.15) is 6.42 Å². The van der Waals surface area contributed by atoms with Crippen LogP contribution in [0, 0.1) is 0 Å². The molecule has 6 nitrogen and oxygen atoms in total. The zero-order valence-electron chi connectivity index (χ0n) is 13.5. The summed E-state index contributed by atoms with van der Waals surface area (Å²) in [6.45, 7) is 0.156. The van der Waals surface area contributed by atoms with E-state index >= 15 is 0 Å². The second-order valence-corrected chi connectivity index (χ2v) is 8.04. The van der Waals surface area contributed by atoms with Crippen LogP contribution < -0.4 is 14.4 Å². The summed E-state index contributed by atoms with van der Waals surface area (Å²) in [5, 5.41) is 3.26. The van der Waals surface area contributed by atoms with Gasteiger partial charge in [0.1, 0.15) is 5.75 Å². The third-order valence-corrected chi connectivity index (χ3v) is 5.20. The van der Waals surface area contributed by atoms with Gasteiger partial charge in [-0.05, 0) is 30.3 Å². The average molecular weight is 381 g/mol. The summed E-state index contributed by atoms with van der Waals surface area (Å²) in [6, 6.07) is 13.6. The lowest BCUT2D eigenvalue weighted by atomic mass is 10.2. The van der Waals surface area contributed by atoms with E-state index in [4.69, 9.17) is 16.3 Å². The number of anilines is 2. The maximum Gasteiger partial charge on any atom is 0.265 e. The van der Waals surface area contributed by atoms with E-state index in [-0.39, 0.29) is 18.9 Å². The highest BCUT2D eigenvalue weighted by atomic mass is 35.5. The van der Waals surface area contributed by atoms with E-state index in [9.17, 15) is 13.2 Å². The lowest BCUT2D eigenvalue weighted by molar-refractivity contribution is -0.122. The molecule has 1 aliphatic rings. The Hall–Kier alpha value is -2.25. The minimum atomic E-state index is -3.47. The number of benzene rings is 2. The van der Waals surface area contributed by atoms with Gasteiger partial charge in [-0.15, -0.1) is 0 Å². The van der Waals surface area contributed by atoms with Crippen LogP contribution in [0.15, 0.2) is 48.5 Å². The number of rotatable bonds is 3. The smallest absolute Gasteiger partial charge is 0.265 e. The molecule has 2 aromatic carbocycles. The Kier molecular flexibility index (Phi) is 4.87. The van der Waals surface area contributed by atoms with Gasteiger partial charge >= 0.3 is 0 Å². The van der Waals surface area contributed by atoms with Crippen LogP contribution in [0.3, 0.4) is 0 Å². The number of hydrogen-bond donors (Lipinski definition) is 1. The molecular weight excluding hydrogens is 364 g/mol. The van der Waals surface area contributed by atoms with Gasteiger partial charge in [-0.1, -0.05) is 29.8 Å². The zero-order chi connectivity index (χ0) is 18.0. The maximum absolute atomic E-state index is 12.6. The molecule has 0 radical (unpaired) electrons. The Morgan fingerprint density at radius 1 is 1.24 bits per heavy atom. The van der Waals surface area contributed by atoms with Crippen molar-refractivity contribution in [2.24, 2.45) is 0 Å². The van der Waals surface area contributed by atoms with Crippen LogP contribution in [0.25, 0.3) is 0 Å². The summed E-state index contributed by atoms with van der Waals surface area (Å²) >= 11 is 5.92. The normalized spacial score (nSPS) is 17.2. The Morgan fingerprint density at radius 3 is 2.72 bits per heavy atom. The average Bonchev–Trinajstić information content (AvgIpc) is 2.74. The standard InChI is InChI=1S/C17H17ClN2O4S/c1-25(22,23)20-10-9-16(24-15-8-3-2-7-14(15)20)17(21)19-13-6-4-5-12(18)11-13/h2-8,11,16H,9-10H2,1H3,(H,19,21). The third kappa shape index (κ3) is 4.05. The Labute approximate surface area is 151 Å². The number of fused-ring (bicyclic) bond motifs is 1. The van der Waals surface area contributed by atoms with Gasteiger partial charge in [0.15, 0.2) is 6.10 Å². The number of carbonyl (C=O) groups excluding carboxylic acids is 1. The van der Waals surface area contributed by atoms with Crippen LogP contribution in [-0.2, 0) is 14.8 Å². The zero-order valence-corrected chi connectivity index (χ0v) is 15.0. The molecule has 8 heteroatoms. The Morgan fingerprint density at radius 2 is 2.00 bits per heavy atom. The minimum absolute atomic E-state index is 0.156. The summed E-state index contributed by atoms with van der Waals surface area (Å²) in [7, 11) is -3.47. The van der Waals surface area contributed by atoms with Gasteiger partial charge in [-0.2, -0.15) is 0 Å². The fraction of sp³-hybridized carbons (Fsp3) is 0.235. The molecule has 0 aliphatic carbocycles. The van der Waals surface area contributed by atoms with Crippen LogP contribution in [-0.4, -0.2) is 33.2 Å². The monoisotopic (exact) mass is 380 g/mol. The van der Waals surface area contributed by atoms with Crippen molar-refractivity contribution in [1.82, 2.24) is 0 Å². The van der Waals surface area contributed by atoms with Gasteiger partial charge in [-0.25, -0.2) is 8.42 Å². The first-order valence-electron chi connectivity index (χ1n) is 7.64. The van der Waals surface area contributed by atoms with Crippen molar-refractivity contribution in [3.63, 3.8) is 0 Å². The number of ether oxygens (including phenoxy) is 1. The number of nitrogens with zero attached hydrogens (tertiary/aromatic N) is 1. The molecule has 3 rings (SSSR count). The number of sulfonamides is 1. The summed E-state index contributed by atoms with van der Waals surface area (Å²) < 4.78 is 31.2. The van der Waals surface area contributed by atoms with Gasteiger partial charge < -0.3 is 10.1 Å². The highest BCUT2D eigenvalue weighted by Crippen LogP contribution is 2.34. The van der Waals surface area contributed by atoms with E-state index in [1.165, 1.54) is 4.31 Å². The van der Waals surface area contributed by atoms with E-state index in [1.54, 1.807) is 48.5 Å². The first-order chi connectivity index (χ1) is 11.8. The van der Waals surface area contributed by atoms with Crippen LogP contribution >= 0.6 is 11.6 Å². The first-order valence-corrected chi connectivity index (χ1v) is 9.87. The van der Waals surface area contributed by atoms with Gasteiger partial charge in [0.2, 0.25) is 10.0 Å². The number of amides is 1. The van der Waals surface area contributed by atoms with E-state index in [0.29, 0.717) is 22.1 Å². The number of para-hydroxylation sites is 2. The Balaban J connectivity index is 1.85. The first kappa shape index (κ1) is 17.6. The molecule has 0 bridgehead atoms. The molecule has 1 heterocycles. The summed E-state index contributed by atoms with van der Waals surface area (Å²) in [4.78, 5) is 12.6. The van der Waals surface area contributed by atoms with Crippen molar-refractivity contribution in [3.05, 3.63) is 53.6 Å². The molecule has 1 aliphatic heterocycles. The van der Waals surface area contributed by atoms with Crippen LogP contribution in [0.5, 0.6) is 5.75 Å². The highest BCUT2D eigenvalue weighted by Gasteiger charge is 2.31. The molecule has 1 unspecified atom stereocenters. The Bertz CT molecular complexity index is 901. The van der Waals surface area contributed by atoms with Crippen molar-refractivity contribution in [2.45, 2.75) is 12.5 Å². The van der Waals surface area contributed by atoms with E-state index in [2.05, 4.69) is 5.32 Å². The highest BCUT2D eigenvalue weighted by molar-refractivity contribution is 7.92. The number of halogens is 1. The largest absolute Gasteiger partial charge is 0.478 e. The number of hydrogen-bond acceptors (Lipinski definition) is 4. The van der Waals surface area contributed by atoms with E-state index in [0.717, 1.165) is 6.26 Å². The van der Waals surface area contributed by atoms with Crippen molar-refractivity contribution in [2.75, 3.05) is 22.4 Å². The molecule has 2 aromatic rings. The molecule has 0 saturated carbocycles. The van der Waals surface area contributed by atoms with Crippen LogP contribution in [0.2, 0.25) is 5.02 Å². The molecule has 1 atom stereocenters. The van der Waals surface area contributed by atoms with Crippen molar-refractivity contribution >= 4 is 38.9 Å². The predicted octanol–water partition coefficient (Wildman–Crippen LogP) is 2.90. The molecule has 0 fully saturated rings. The van der Waals surface area contributed by atoms with Gasteiger partial charge in [0, 0.05) is 23.7 Å². The molecule has 1 N–H and O–H groups in total. The molecule has 0 saturated heterocycles. The third-order valence-electron chi connectivity index (χ3n) is 3.78. The molecule has 132 valence electrons. The fourth-order valence-corrected chi connectivity index (χ4v) is 3.78. The van der Waals surface area contributed by atoms with E-state index < -0.39 is 16.1 Å². The lowest BCUT2D eigenvalue weighted by Gasteiger charge is -2.20. The van der Waals surface area contributed by atoms with Gasteiger partial charge in [0.25, 0.3) is 5.91 Å². The topological polar surface area (TPSA) is 75.7 Å². The molecule has 0 spiro atoms.